The van der Waals surface area contributed by atoms with Crippen LogP contribution in [0.25, 0.3) is 11.3 Å². The van der Waals surface area contributed by atoms with Crippen LogP contribution in [0.4, 0.5) is 10.8 Å². The molecule has 0 aliphatic carbocycles. The van der Waals surface area contributed by atoms with Gasteiger partial charge in [0.1, 0.15) is 11.5 Å². The third-order valence-corrected chi connectivity index (χ3v) is 4.45. The van der Waals surface area contributed by atoms with E-state index in [1.807, 2.05) is 35.7 Å². The van der Waals surface area contributed by atoms with Crippen LogP contribution in [0.3, 0.4) is 0 Å². The number of nitrogens with zero attached hydrogens (tertiary/aromatic N) is 3. The van der Waals surface area contributed by atoms with Crippen molar-refractivity contribution in [3.05, 3.63) is 71.4 Å². The van der Waals surface area contributed by atoms with Gasteiger partial charge in [0.15, 0.2) is 10.8 Å². The Morgan fingerprint density at radius 2 is 1.86 bits per heavy atom. The average molecular weight is 394 g/mol. The first-order valence-electron chi connectivity index (χ1n) is 8.35. The van der Waals surface area contributed by atoms with E-state index in [4.69, 9.17) is 4.74 Å². The number of hydrogen-bond donors (Lipinski definition) is 2. The molecule has 1 amide bonds. The first-order chi connectivity index (χ1) is 13.6. The Balaban J connectivity index is 1.73. The summed E-state index contributed by atoms with van der Waals surface area (Å²) in [7, 11) is 1.61. The van der Waals surface area contributed by atoms with Gasteiger partial charge in [0.25, 0.3) is 5.91 Å². The molecule has 3 rings (SSSR count). The summed E-state index contributed by atoms with van der Waals surface area (Å²) in [5.41, 5.74) is 2.02. The van der Waals surface area contributed by atoms with E-state index < -0.39 is 5.91 Å². The molecular weight excluding hydrogens is 376 g/mol. The number of aliphatic hydroxyl groups is 1. The number of azo groups is 1. The number of aliphatic hydroxyl groups excluding tert-OH is 1. The Hall–Kier alpha value is -3.52. The predicted molar refractivity (Wildman–Crippen MR) is 109 cm³/mol. The fourth-order valence-corrected chi connectivity index (χ4v) is 2.98. The molecule has 0 spiro atoms. The fourth-order valence-electron chi connectivity index (χ4n) is 2.27. The van der Waals surface area contributed by atoms with Crippen LogP contribution >= 0.6 is 11.3 Å². The van der Waals surface area contributed by atoms with Crippen LogP contribution in [0, 0.1) is 0 Å². The molecule has 1 heterocycles. The van der Waals surface area contributed by atoms with Crippen LogP contribution in [0.15, 0.2) is 81.7 Å². The van der Waals surface area contributed by atoms with Crippen molar-refractivity contribution in [3.8, 4) is 17.0 Å². The number of carbonyl (C=O) groups is 1. The minimum absolute atomic E-state index is 0.176. The van der Waals surface area contributed by atoms with Crippen molar-refractivity contribution < 1.29 is 14.6 Å². The molecule has 0 radical (unpaired) electrons. The number of allylic oxidation sites excluding steroid dienone is 1. The lowest BCUT2D eigenvalue weighted by molar-refractivity contribution is -0.113. The second kappa shape index (κ2) is 8.92. The summed E-state index contributed by atoms with van der Waals surface area (Å²) in [6.07, 6.45) is 0. The SMILES string of the molecule is COc1ccc(-c2csc(NC(=O)C(N=Nc3ccccc3)=C(C)O)n2)cc1. The zero-order chi connectivity index (χ0) is 19.9. The van der Waals surface area contributed by atoms with Gasteiger partial charge in [-0.2, -0.15) is 5.11 Å². The molecule has 8 heteroatoms. The van der Waals surface area contributed by atoms with Crippen molar-refractivity contribution in [2.24, 2.45) is 10.2 Å². The topological polar surface area (TPSA) is 96.2 Å². The van der Waals surface area contributed by atoms with Crippen molar-refractivity contribution in [2.75, 3.05) is 12.4 Å². The lowest BCUT2D eigenvalue weighted by Gasteiger charge is -2.03. The van der Waals surface area contributed by atoms with Crippen LogP contribution in [0.5, 0.6) is 5.75 Å². The molecule has 2 N–H and O–H groups in total. The first kappa shape index (κ1) is 19.2. The van der Waals surface area contributed by atoms with Crippen LogP contribution < -0.4 is 10.1 Å². The Labute approximate surface area is 166 Å². The average Bonchev–Trinajstić information content (AvgIpc) is 3.17. The van der Waals surface area contributed by atoms with Gasteiger partial charge in [-0.15, -0.1) is 16.5 Å². The van der Waals surface area contributed by atoms with E-state index in [1.165, 1.54) is 18.3 Å². The van der Waals surface area contributed by atoms with E-state index in [-0.39, 0.29) is 11.5 Å². The standard InChI is InChI=1S/C20H18N4O3S/c1-13(25)18(24-23-15-6-4-3-5-7-15)19(26)22-20-21-17(12-28-20)14-8-10-16(27-2)11-9-14/h3-12,25H,1-2H3,(H,21,22,26). The Morgan fingerprint density at radius 3 is 2.50 bits per heavy atom. The van der Waals surface area contributed by atoms with Crippen LogP contribution in [-0.2, 0) is 4.79 Å². The Bertz CT molecular complexity index is 1010. The smallest absolute Gasteiger partial charge is 0.281 e. The zero-order valence-corrected chi connectivity index (χ0v) is 16.1. The summed E-state index contributed by atoms with van der Waals surface area (Å²) in [4.78, 5) is 16.9. The van der Waals surface area contributed by atoms with Crippen molar-refractivity contribution in [2.45, 2.75) is 6.92 Å². The summed E-state index contributed by atoms with van der Waals surface area (Å²) in [6.45, 7) is 1.38. The van der Waals surface area contributed by atoms with Gasteiger partial charge < -0.3 is 9.84 Å². The number of thiazole rings is 1. The largest absolute Gasteiger partial charge is 0.510 e. The van der Waals surface area contributed by atoms with Crippen molar-refractivity contribution in [3.63, 3.8) is 0 Å². The molecule has 0 bridgehead atoms. The van der Waals surface area contributed by atoms with Crippen LogP contribution in [0.2, 0.25) is 0 Å². The molecule has 2 aromatic carbocycles. The number of ether oxygens (including phenoxy) is 1. The van der Waals surface area contributed by atoms with E-state index >= 15 is 0 Å². The normalized spacial score (nSPS) is 11.9. The summed E-state index contributed by atoms with van der Waals surface area (Å²) < 4.78 is 5.14. The molecule has 7 nitrogen and oxygen atoms in total. The molecule has 0 aliphatic heterocycles. The molecule has 142 valence electrons. The van der Waals surface area contributed by atoms with E-state index in [1.54, 1.807) is 31.4 Å². The minimum atomic E-state index is -0.588. The van der Waals surface area contributed by atoms with E-state index in [9.17, 15) is 9.90 Å². The molecule has 0 saturated heterocycles. The maximum Gasteiger partial charge on any atom is 0.281 e. The number of hydrogen-bond acceptors (Lipinski definition) is 7. The van der Waals surface area contributed by atoms with Gasteiger partial charge in [-0.3, -0.25) is 10.1 Å². The number of methoxy groups -OCH3 is 1. The summed E-state index contributed by atoms with van der Waals surface area (Å²) in [5, 5.41) is 22.5. The fraction of sp³-hybridized carbons (Fsp3) is 0.100. The molecule has 0 saturated carbocycles. The quantitative estimate of drug-likeness (QED) is 0.335. The summed E-state index contributed by atoms with van der Waals surface area (Å²) in [5.74, 6) is -0.0658. The number of anilines is 1. The number of nitrogens with one attached hydrogen (secondary N) is 1. The summed E-state index contributed by atoms with van der Waals surface area (Å²) >= 11 is 1.28. The molecule has 28 heavy (non-hydrogen) atoms. The van der Waals surface area contributed by atoms with Gasteiger partial charge in [-0.05, 0) is 43.3 Å². The van der Waals surface area contributed by atoms with E-state index in [0.717, 1.165) is 17.0 Å². The Kier molecular flexibility index (Phi) is 6.13. The number of benzene rings is 2. The highest BCUT2D eigenvalue weighted by atomic mass is 32.1. The lowest BCUT2D eigenvalue weighted by atomic mass is 10.2. The van der Waals surface area contributed by atoms with Gasteiger partial charge in [-0.1, -0.05) is 18.2 Å². The van der Waals surface area contributed by atoms with Crippen LogP contribution in [0.1, 0.15) is 6.92 Å². The summed E-state index contributed by atoms with van der Waals surface area (Å²) in [6, 6.07) is 16.4. The van der Waals surface area contributed by atoms with Crippen molar-refractivity contribution in [1.29, 1.82) is 0 Å². The van der Waals surface area contributed by atoms with E-state index in [2.05, 4.69) is 20.5 Å². The molecule has 1 aromatic heterocycles. The highest BCUT2D eigenvalue weighted by Gasteiger charge is 2.15. The maximum atomic E-state index is 12.5. The van der Waals surface area contributed by atoms with Crippen molar-refractivity contribution in [1.82, 2.24) is 4.98 Å². The number of rotatable bonds is 6. The molecule has 0 fully saturated rings. The lowest BCUT2D eigenvalue weighted by Crippen LogP contribution is -2.14. The van der Waals surface area contributed by atoms with Crippen molar-refractivity contribution >= 4 is 28.1 Å². The first-order valence-corrected chi connectivity index (χ1v) is 9.22. The van der Waals surface area contributed by atoms with Crippen LogP contribution in [-0.4, -0.2) is 23.1 Å². The van der Waals surface area contributed by atoms with E-state index in [0.29, 0.717) is 10.8 Å². The molecule has 0 atom stereocenters. The molecule has 0 unspecified atom stereocenters. The second-order valence-electron chi connectivity index (χ2n) is 5.69. The predicted octanol–water partition coefficient (Wildman–Crippen LogP) is 5.33. The third kappa shape index (κ3) is 4.80. The highest BCUT2D eigenvalue weighted by molar-refractivity contribution is 7.14. The van der Waals surface area contributed by atoms with Gasteiger partial charge >= 0.3 is 0 Å². The molecule has 0 aliphatic rings. The number of carbonyl (C=O) groups excluding carboxylic acids is 1. The zero-order valence-electron chi connectivity index (χ0n) is 15.3. The maximum absolute atomic E-state index is 12.5. The Morgan fingerprint density at radius 1 is 1.14 bits per heavy atom. The molecular formula is C20H18N4O3S. The number of amides is 1. The monoisotopic (exact) mass is 394 g/mol. The van der Waals surface area contributed by atoms with Gasteiger partial charge in [0, 0.05) is 10.9 Å². The second-order valence-corrected chi connectivity index (χ2v) is 6.55. The number of aromatic nitrogens is 1. The third-order valence-electron chi connectivity index (χ3n) is 3.69. The minimum Gasteiger partial charge on any atom is -0.510 e. The highest BCUT2D eigenvalue weighted by Crippen LogP contribution is 2.27. The van der Waals surface area contributed by atoms with Gasteiger partial charge in [0.2, 0.25) is 0 Å². The van der Waals surface area contributed by atoms with Gasteiger partial charge in [0.05, 0.1) is 18.5 Å². The molecule has 3 aromatic rings. The van der Waals surface area contributed by atoms with Gasteiger partial charge in [-0.25, -0.2) is 4.98 Å².